The number of carbonyl (C=O) groups is 1. The minimum absolute atomic E-state index is 0.0702. The summed E-state index contributed by atoms with van der Waals surface area (Å²) >= 11 is 5.14. The van der Waals surface area contributed by atoms with Crippen LogP contribution in [-0.4, -0.2) is 34.2 Å². The van der Waals surface area contributed by atoms with Crippen LogP contribution in [0.2, 0.25) is 0 Å². The van der Waals surface area contributed by atoms with Crippen LogP contribution in [0.15, 0.2) is 30.3 Å². The van der Waals surface area contributed by atoms with E-state index in [1.165, 1.54) is 6.92 Å². The normalized spacial score (nSPS) is 10.6. The first-order valence-corrected chi connectivity index (χ1v) is 6.86. The van der Waals surface area contributed by atoms with E-state index in [0.717, 1.165) is 5.56 Å². The number of aromatic nitrogens is 2. The second-order valence-electron chi connectivity index (χ2n) is 4.51. The van der Waals surface area contributed by atoms with Gasteiger partial charge in [-0.05, 0) is 6.92 Å². The summed E-state index contributed by atoms with van der Waals surface area (Å²) < 4.78 is 6.70. The Morgan fingerprint density at radius 3 is 2.62 bits per heavy atom. The Labute approximate surface area is 127 Å². The third kappa shape index (κ3) is 3.17. The largest absolute Gasteiger partial charge is 0.494 e. The van der Waals surface area contributed by atoms with Gasteiger partial charge < -0.3 is 9.84 Å². The molecule has 21 heavy (non-hydrogen) atoms. The molecule has 0 bridgehead atoms. The maximum absolute atomic E-state index is 11.6. The molecule has 1 aromatic carbocycles. The summed E-state index contributed by atoms with van der Waals surface area (Å²) in [5.41, 5.74) is 0.880. The Hall–Kier alpha value is -2.05. The van der Waals surface area contributed by atoms with Crippen molar-refractivity contribution in [1.29, 1.82) is 0 Å². The van der Waals surface area contributed by atoms with Crippen LogP contribution in [-0.2, 0) is 11.3 Å². The molecular formula is C15H16N2O3S. The fourth-order valence-corrected chi connectivity index (χ4v) is 2.37. The van der Waals surface area contributed by atoms with Crippen LogP contribution in [0.25, 0.3) is 11.4 Å². The molecule has 0 amide bonds. The zero-order chi connectivity index (χ0) is 15.4. The van der Waals surface area contributed by atoms with Gasteiger partial charge in [0.2, 0.25) is 5.88 Å². The van der Waals surface area contributed by atoms with Crippen LogP contribution in [0.4, 0.5) is 0 Å². The standard InChI is InChI=1S/C15H16N2O3S/c1-10(18)12-14(21)16-13(11-6-4-3-5-7-11)17(15(12)19)8-9-20-2/h3-7,19H,8-9H2,1-2H3. The predicted molar refractivity (Wildman–Crippen MR) is 82.0 cm³/mol. The van der Waals surface area contributed by atoms with Crippen LogP contribution in [0.3, 0.4) is 0 Å². The van der Waals surface area contributed by atoms with Crippen LogP contribution in [0.1, 0.15) is 17.3 Å². The fraction of sp³-hybridized carbons (Fsp3) is 0.267. The molecule has 0 aliphatic heterocycles. The average Bonchev–Trinajstić information content (AvgIpc) is 2.46. The van der Waals surface area contributed by atoms with Crippen molar-refractivity contribution < 1.29 is 14.6 Å². The molecule has 5 nitrogen and oxygen atoms in total. The summed E-state index contributed by atoms with van der Waals surface area (Å²) in [6, 6.07) is 9.37. The van der Waals surface area contributed by atoms with E-state index in [-0.39, 0.29) is 21.9 Å². The Bertz CT molecular complexity index is 711. The van der Waals surface area contributed by atoms with E-state index in [0.29, 0.717) is 19.0 Å². The van der Waals surface area contributed by atoms with Crippen molar-refractivity contribution in [2.45, 2.75) is 13.5 Å². The van der Waals surface area contributed by atoms with Gasteiger partial charge in [-0.2, -0.15) is 0 Å². The molecule has 1 N–H and O–H groups in total. The molecule has 0 unspecified atom stereocenters. The van der Waals surface area contributed by atoms with Crippen LogP contribution in [0.5, 0.6) is 5.88 Å². The number of hydrogen-bond donors (Lipinski definition) is 1. The van der Waals surface area contributed by atoms with Crippen molar-refractivity contribution in [1.82, 2.24) is 9.55 Å². The van der Waals surface area contributed by atoms with E-state index in [4.69, 9.17) is 17.0 Å². The molecule has 2 aromatic rings. The second-order valence-corrected chi connectivity index (χ2v) is 4.89. The van der Waals surface area contributed by atoms with E-state index < -0.39 is 0 Å². The molecule has 0 radical (unpaired) electrons. The summed E-state index contributed by atoms with van der Waals surface area (Å²) in [6.45, 7) is 2.11. The Kier molecular flexibility index (Phi) is 4.82. The van der Waals surface area contributed by atoms with Gasteiger partial charge in [0.25, 0.3) is 0 Å². The molecule has 0 aliphatic rings. The monoisotopic (exact) mass is 304 g/mol. The molecule has 2 rings (SSSR count). The summed E-state index contributed by atoms with van der Waals surface area (Å²) in [6.07, 6.45) is 0. The number of ether oxygens (including phenoxy) is 1. The van der Waals surface area contributed by atoms with Crippen LogP contribution >= 0.6 is 12.2 Å². The number of nitrogens with zero attached hydrogens (tertiary/aromatic N) is 2. The molecular weight excluding hydrogens is 288 g/mol. The lowest BCUT2D eigenvalue weighted by Gasteiger charge is -2.16. The van der Waals surface area contributed by atoms with E-state index in [2.05, 4.69) is 4.98 Å². The van der Waals surface area contributed by atoms with Crippen molar-refractivity contribution >= 4 is 18.0 Å². The summed E-state index contributed by atoms with van der Waals surface area (Å²) in [5.74, 6) is 0.0364. The first kappa shape index (κ1) is 15.3. The first-order chi connectivity index (χ1) is 10.1. The number of ketones is 1. The van der Waals surface area contributed by atoms with Crippen LogP contribution < -0.4 is 0 Å². The lowest BCUT2D eigenvalue weighted by Crippen LogP contribution is -2.13. The van der Waals surface area contributed by atoms with Gasteiger partial charge in [0.05, 0.1) is 13.2 Å². The zero-order valence-corrected chi connectivity index (χ0v) is 12.7. The minimum Gasteiger partial charge on any atom is -0.494 e. The van der Waals surface area contributed by atoms with Gasteiger partial charge >= 0.3 is 0 Å². The number of carbonyl (C=O) groups excluding carboxylic acids is 1. The highest BCUT2D eigenvalue weighted by Crippen LogP contribution is 2.26. The minimum atomic E-state index is -0.309. The molecule has 1 aromatic heterocycles. The van der Waals surface area contributed by atoms with Crippen molar-refractivity contribution in [2.24, 2.45) is 0 Å². The fourth-order valence-electron chi connectivity index (χ4n) is 2.05. The van der Waals surface area contributed by atoms with Gasteiger partial charge in [-0.15, -0.1) is 0 Å². The highest BCUT2D eigenvalue weighted by atomic mass is 32.1. The lowest BCUT2D eigenvalue weighted by atomic mass is 10.1. The van der Waals surface area contributed by atoms with Gasteiger partial charge in [-0.25, -0.2) is 4.98 Å². The second kappa shape index (κ2) is 6.60. The molecule has 0 spiro atoms. The van der Waals surface area contributed by atoms with Crippen molar-refractivity contribution in [3.63, 3.8) is 0 Å². The van der Waals surface area contributed by atoms with E-state index in [9.17, 15) is 9.90 Å². The molecule has 1 heterocycles. The maximum Gasteiger partial charge on any atom is 0.206 e. The molecule has 6 heteroatoms. The molecule has 0 fully saturated rings. The molecule has 0 aliphatic carbocycles. The molecule has 0 saturated heterocycles. The van der Waals surface area contributed by atoms with Gasteiger partial charge in [-0.3, -0.25) is 9.36 Å². The highest BCUT2D eigenvalue weighted by Gasteiger charge is 2.18. The first-order valence-electron chi connectivity index (χ1n) is 6.45. The number of aromatic hydroxyl groups is 1. The van der Waals surface area contributed by atoms with Gasteiger partial charge in [-0.1, -0.05) is 42.5 Å². The van der Waals surface area contributed by atoms with Gasteiger partial charge in [0.1, 0.15) is 16.0 Å². The van der Waals surface area contributed by atoms with Gasteiger partial charge in [0, 0.05) is 12.7 Å². The van der Waals surface area contributed by atoms with E-state index in [1.807, 2.05) is 30.3 Å². The van der Waals surface area contributed by atoms with Crippen molar-refractivity contribution in [2.75, 3.05) is 13.7 Å². The number of methoxy groups -OCH3 is 1. The number of hydrogen-bond acceptors (Lipinski definition) is 5. The Balaban J connectivity index is 2.69. The number of rotatable bonds is 5. The van der Waals surface area contributed by atoms with Gasteiger partial charge in [0.15, 0.2) is 5.78 Å². The summed E-state index contributed by atoms with van der Waals surface area (Å²) in [4.78, 5) is 16.0. The average molecular weight is 304 g/mol. The molecule has 0 saturated carbocycles. The molecule has 0 atom stereocenters. The van der Waals surface area contributed by atoms with Crippen molar-refractivity contribution in [3.8, 4) is 17.3 Å². The number of Topliss-reactive ketones (excluding diaryl/α,β-unsaturated/α-hetero) is 1. The number of benzene rings is 1. The third-order valence-electron chi connectivity index (χ3n) is 3.06. The van der Waals surface area contributed by atoms with Crippen LogP contribution in [0, 0.1) is 4.64 Å². The maximum atomic E-state index is 11.6. The predicted octanol–water partition coefficient (Wildman–Crippen LogP) is 2.83. The quantitative estimate of drug-likeness (QED) is 0.680. The summed E-state index contributed by atoms with van der Waals surface area (Å²) in [7, 11) is 1.57. The highest BCUT2D eigenvalue weighted by molar-refractivity contribution is 7.71. The Morgan fingerprint density at radius 1 is 1.38 bits per heavy atom. The smallest absolute Gasteiger partial charge is 0.206 e. The van der Waals surface area contributed by atoms with Crippen molar-refractivity contribution in [3.05, 3.63) is 40.5 Å². The topological polar surface area (TPSA) is 64.4 Å². The van der Waals surface area contributed by atoms with E-state index in [1.54, 1.807) is 11.7 Å². The van der Waals surface area contributed by atoms with E-state index >= 15 is 0 Å². The summed E-state index contributed by atoms with van der Waals surface area (Å²) in [5, 5.41) is 10.4. The Morgan fingerprint density at radius 2 is 2.05 bits per heavy atom. The molecule has 110 valence electrons. The third-order valence-corrected chi connectivity index (χ3v) is 3.35. The SMILES string of the molecule is COCCn1c(-c2ccccc2)nc(=S)c(C(C)=O)c1O. The lowest BCUT2D eigenvalue weighted by molar-refractivity contribution is 0.101. The zero-order valence-electron chi connectivity index (χ0n) is 11.9.